The Labute approximate surface area is 68.5 Å². The summed E-state index contributed by atoms with van der Waals surface area (Å²) in [4.78, 5) is 0. The summed E-state index contributed by atoms with van der Waals surface area (Å²) in [5.41, 5.74) is 1.08. The molecule has 4 heteroatoms. The standard InChI is InChI=1S/C8H8N2O2/c11-8(12)7-5-3-1-2-4-6(5)9-10-7/h1-4,8,11-12H,(H,9,10). The van der Waals surface area contributed by atoms with Crippen LogP contribution in [0, 0.1) is 0 Å². The normalized spacial score (nSPS) is 11.2. The monoisotopic (exact) mass is 164 g/mol. The highest BCUT2D eigenvalue weighted by atomic mass is 16.5. The van der Waals surface area contributed by atoms with E-state index in [1.54, 1.807) is 12.1 Å². The minimum absolute atomic E-state index is 0.339. The summed E-state index contributed by atoms with van der Waals surface area (Å²) in [5, 5.41) is 25.0. The van der Waals surface area contributed by atoms with E-state index in [2.05, 4.69) is 10.2 Å². The van der Waals surface area contributed by atoms with E-state index in [9.17, 15) is 0 Å². The Kier molecular flexibility index (Phi) is 1.56. The van der Waals surface area contributed by atoms with Crippen molar-refractivity contribution in [3.63, 3.8) is 0 Å². The predicted octanol–water partition coefficient (Wildman–Crippen LogP) is 0.546. The van der Waals surface area contributed by atoms with Crippen LogP contribution in [0.4, 0.5) is 0 Å². The van der Waals surface area contributed by atoms with Crippen molar-refractivity contribution in [1.82, 2.24) is 10.2 Å². The Morgan fingerprint density at radius 1 is 1.25 bits per heavy atom. The van der Waals surface area contributed by atoms with Gasteiger partial charge >= 0.3 is 0 Å². The molecule has 3 N–H and O–H groups in total. The van der Waals surface area contributed by atoms with E-state index >= 15 is 0 Å². The summed E-state index contributed by atoms with van der Waals surface area (Å²) in [6, 6.07) is 7.26. The van der Waals surface area contributed by atoms with Crippen LogP contribution in [0.2, 0.25) is 0 Å². The van der Waals surface area contributed by atoms with E-state index in [1.807, 2.05) is 12.1 Å². The van der Waals surface area contributed by atoms with E-state index in [4.69, 9.17) is 10.2 Å². The lowest BCUT2D eigenvalue weighted by Crippen LogP contribution is -1.95. The molecule has 0 aliphatic carbocycles. The Hall–Kier alpha value is -1.39. The topological polar surface area (TPSA) is 69.1 Å². The average Bonchev–Trinajstić information content (AvgIpc) is 2.47. The van der Waals surface area contributed by atoms with Gasteiger partial charge in [0.05, 0.1) is 11.2 Å². The fourth-order valence-electron chi connectivity index (χ4n) is 1.18. The van der Waals surface area contributed by atoms with Gasteiger partial charge in [0.25, 0.3) is 0 Å². The van der Waals surface area contributed by atoms with Crippen LogP contribution in [0.3, 0.4) is 0 Å². The minimum atomic E-state index is -1.49. The molecule has 0 atom stereocenters. The van der Waals surface area contributed by atoms with Crippen molar-refractivity contribution >= 4 is 10.9 Å². The van der Waals surface area contributed by atoms with Crippen molar-refractivity contribution in [3.05, 3.63) is 30.0 Å². The average molecular weight is 164 g/mol. The van der Waals surface area contributed by atoms with Crippen LogP contribution in [0.25, 0.3) is 10.9 Å². The van der Waals surface area contributed by atoms with Gasteiger partial charge in [0.1, 0.15) is 0 Å². The number of nitrogens with one attached hydrogen (secondary N) is 1. The molecule has 2 rings (SSSR count). The zero-order valence-corrected chi connectivity index (χ0v) is 6.23. The molecule has 1 aromatic heterocycles. The highest BCUT2D eigenvalue weighted by molar-refractivity contribution is 5.81. The molecule has 4 nitrogen and oxygen atoms in total. The van der Waals surface area contributed by atoms with Gasteiger partial charge in [-0.3, -0.25) is 5.10 Å². The van der Waals surface area contributed by atoms with Crippen LogP contribution in [-0.2, 0) is 0 Å². The fourth-order valence-corrected chi connectivity index (χ4v) is 1.18. The highest BCUT2D eigenvalue weighted by Crippen LogP contribution is 2.19. The van der Waals surface area contributed by atoms with Gasteiger partial charge < -0.3 is 10.2 Å². The lowest BCUT2D eigenvalue weighted by atomic mass is 10.2. The molecule has 0 fully saturated rings. The van der Waals surface area contributed by atoms with E-state index in [-0.39, 0.29) is 0 Å². The van der Waals surface area contributed by atoms with Gasteiger partial charge in [0.2, 0.25) is 0 Å². The minimum Gasteiger partial charge on any atom is -0.363 e. The highest BCUT2D eigenvalue weighted by Gasteiger charge is 2.09. The van der Waals surface area contributed by atoms with Crippen LogP contribution in [0.5, 0.6) is 0 Å². The summed E-state index contributed by atoms with van der Waals surface area (Å²) < 4.78 is 0. The molecule has 0 saturated carbocycles. The molecular weight excluding hydrogens is 156 g/mol. The van der Waals surface area contributed by atoms with Gasteiger partial charge in [-0.15, -0.1) is 0 Å². The zero-order valence-electron chi connectivity index (χ0n) is 6.23. The van der Waals surface area contributed by atoms with Crippen molar-refractivity contribution in [2.45, 2.75) is 6.29 Å². The number of fused-ring (bicyclic) bond motifs is 1. The first-order chi connectivity index (χ1) is 5.79. The van der Waals surface area contributed by atoms with E-state index < -0.39 is 6.29 Å². The molecule has 62 valence electrons. The molecule has 0 aliphatic heterocycles. The maximum absolute atomic E-state index is 8.89. The van der Waals surface area contributed by atoms with Gasteiger partial charge in [-0.2, -0.15) is 5.10 Å². The van der Waals surface area contributed by atoms with Crippen LogP contribution in [-0.4, -0.2) is 20.4 Å². The fraction of sp³-hybridized carbons (Fsp3) is 0.125. The number of H-pyrrole nitrogens is 1. The van der Waals surface area contributed by atoms with Crippen LogP contribution in [0.15, 0.2) is 24.3 Å². The molecule has 1 aromatic carbocycles. The molecule has 0 aliphatic rings. The van der Waals surface area contributed by atoms with E-state index in [1.165, 1.54) is 0 Å². The number of hydrogen-bond donors (Lipinski definition) is 3. The van der Waals surface area contributed by atoms with Gasteiger partial charge in [0.15, 0.2) is 6.29 Å². The summed E-state index contributed by atoms with van der Waals surface area (Å²) >= 11 is 0. The molecule has 2 aromatic rings. The molecule has 0 bridgehead atoms. The van der Waals surface area contributed by atoms with Gasteiger partial charge in [-0.1, -0.05) is 18.2 Å². The summed E-state index contributed by atoms with van der Waals surface area (Å²) in [7, 11) is 0. The first kappa shape index (κ1) is 7.27. The Morgan fingerprint density at radius 2 is 2.00 bits per heavy atom. The molecule has 0 amide bonds. The molecule has 0 radical (unpaired) electrons. The van der Waals surface area contributed by atoms with Crippen LogP contribution >= 0.6 is 0 Å². The van der Waals surface area contributed by atoms with Crippen LogP contribution in [0.1, 0.15) is 12.0 Å². The first-order valence-electron chi connectivity index (χ1n) is 3.58. The third-order valence-corrected chi connectivity index (χ3v) is 1.75. The Balaban J connectivity index is 2.70. The third-order valence-electron chi connectivity index (χ3n) is 1.75. The number of rotatable bonds is 1. The third kappa shape index (κ3) is 0.975. The van der Waals surface area contributed by atoms with Gasteiger partial charge in [-0.25, -0.2) is 0 Å². The SMILES string of the molecule is OC(O)c1[nH]nc2ccccc12. The number of nitrogens with zero attached hydrogens (tertiary/aromatic N) is 1. The molecule has 1 heterocycles. The molecular formula is C8H8N2O2. The predicted molar refractivity (Wildman–Crippen MR) is 43.3 cm³/mol. The Morgan fingerprint density at radius 3 is 2.75 bits per heavy atom. The maximum atomic E-state index is 8.89. The lowest BCUT2D eigenvalue weighted by molar-refractivity contribution is -0.0447. The smallest absolute Gasteiger partial charge is 0.196 e. The molecule has 0 saturated heterocycles. The largest absolute Gasteiger partial charge is 0.363 e. The second kappa shape index (κ2) is 2.58. The van der Waals surface area contributed by atoms with Crippen molar-refractivity contribution in [1.29, 1.82) is 0 Å². The van der Waals surface area contributed by atoms with Gasteiger partial charge in [-0.05, 0) is 6.07 Å². The van der Waals surface area contributed by atoms with Crippen molar-refractivity contribution in [3.8, 4) is 0 Å². The van der Waals surface area contributed by atoms with Crippen molar-refractivity contribution < 1.29 is 10.2 Å². The quantitative estimate of drug-likeness (QED) is 0.539. The molecule has 12 heavy (non-hydrogen) atoms. The number of benzene rings is 1. The summed E-state index contributed by atoms with van der Waals surface area (Å²) in [5.74, 6) is 0. The zero-order chi connectivity index (χ0) is 8.55. The number of hydrogen-bond acceptors (Lipinski definition) is 3. The van der Waals surface area contributed by atoms with E-state index in [0.29, 0.717) is 5.69 Å². The summed E-state index contributed by atoms with van der Waals surface area (Å²) in [6.45, 7) is 0. The number of para-hydroxylation sites is 1. The second-order valence-electron chi connectivity index (χ2n) is 2.53. The summed E-state index contributed by atoms with van der Waals surface area (Å²) in [6.07, 6.45) is -1.49. The number of aliphatic hydroxyl groups is 2. The van der Waals surface area contributed by atoms with Crippen molar-refractivity contribution in [2.24, 2.45) is 0 Å². The number of aromatic amines is 1. The lowest BCUT2D eigenvalue weighted by Gasteiger charge is -1.98. The number of aromatic nitrogens is 2. The first-order valence-corrected chi connectivity index (χ1v) is 3.58. The van der Waals surface area contributed by atoms with Crippen LogP contribution < -0.4 is 0 Å². The van der Waals surface area contributed by atoms with E-state index in [0.717, 1.165) is 10.9 Å². The van der Waals surface area contributed by atoms with Crippen molar-refractivity contribution in [2.75, 3.05) is 0 Å². The maximum Gasteiger partial charge on any atom is 0.196 e. The van der Waals surface area contributed by atoms with Gasteiger partial charge in [0, 0.05) is 5.39 Å². The Bertz CT molecular complexity index is 395. The number of aliphatic hydroxyl groups excluding tert-OH is 1. The molecule has 0 unspecified atom stereocenters. The molecule has 0 spiro atoms. The second-order valence-corrected chi connectivity index (χ2v) is 2.53.